The molecule has 1 saturated heterocycles. The van der Waals surface area contributed by atoms with Crippen molar-refractivity contribution in [2.75, 3.05) is 26.6 Å². The van der Waals surface area contributed by atoms with Gasteiger partial charge in [0.05, 0.1) is 36.4 Å². The number of ether oxygens (including phenoxy) is 6. The molecule has 3 aliphatic carbocycles. The maximum absolute atomic E-state index is 15.3. The van der Waals surface area contributed by atoms with Crippen molar-refractivity contribution in [1.29, 1.82) is 0 Å². The molecule has 1 amide bonds. The predicted octanol–water partition coefficient (Wildman–Crippen LogP) is 7.96. The Morgan fingerprint density at radius 3 is 2.12 bits per heavy atom. The molecule has 10 unspecified atom stereocenters. The SMILES string of the molecule is CC1=C2C(O)C(=O)[C@]3(C)C(OC(=O)OCC(Cl)(Cl)Cl)CC4OCC4(O)C3C(C)C(O)(CC1[C@@H](OO)C(OCOCC(Cl)(Cl)Cl)C(NC(=O)OCc1ccccc1)c1ccccc1)C2(C)C. The van der Waals surface area contributed by atoms with Crippen LogP contribution in [0, 0.1) is 28.6 Å². The average Bonchev–Trinajstić information content (AvgIpc) is 3.24. The molecule has 65 heavy (non-hydrogen) atoms. The average molecular weight is 1030 g/mol. The molecule has 12 atom stereocenters. The second-order valence-corrected chi connectivity index (χ2v) is 23.0. The summed E-state index contributed by atoms with van der Waals surface area (Å²) in [7, 11) is 0. The van der Waals surface area contributed by atoms with E-state index in [1.165, 1.54) is 6.92 Å². The quantitative estimate of drug-likeness (QED) is 0.0231. The van der Waals surface area contributed by atoms with Crippen molar-refractivity contribution in [1.82, 2.24) is 5.32 Å². The summed E-state index contributed by atoms with van der Waals surface area (Å²) in [6, 6.07) is 16.4. The van der Waals surface area contributed by atoms with E-state index in [2.05, 4.69) is 5.32 Å². The standard InChI is InChI=1S/C44H53Cl6NO14/c1-23-27(33(65-58)34(63-22-59-20-43(45,46)47)31(26-14-10-7-11-15-26)51-37(54)60-18-25-12-8-6-9-13-25)17-42(57)24(2)35-40(5,36(53)32(52)30(23)39(42,3)4)28(16-29-41(35,56)19-61-29)64-38(55)62-21-44(48,49)50/h6-15,24,27-29,31-35,52,56-58H,16-22H2,1-5H3,(H,51,54)/t24?,27?,28?,29?,31?,32?,33-,34?,35?,40-,41?,42?/m1/s1. The third-order valence-corrected chi connectivity index (χ3v) is 14.6. The maximum atomic E-state index is 15.3. The van der Waals surface area contributed by atoms with Gasteiger partial charge in [-0.15, -0.1) is 0 Å². The van der Waals surface area contributed by atoms with Crippen LogP contribution in [-0.2, 0) is 44.7 Å². The lowest BCUT2D eigenvalue weighted by Crippen LogP contribution is -2.79. The van der Waals surface area contributed by atoms with Crippen molar-refractivity contribution in [2.24, 2.45) is 28.6 Å². The van der Waals surface area contributed by atoms with Gasteiger partial charge in [-0.2, -0.15) is 0 Å². The van der Waals surface area contributed by atoms with Crippen LogP contribution in [-0.4, -0.2) is 115 Å². The van der Waals surface area contributed by atoms with Crippen molar-refractivity contribution in [3.05, 3.63) is 82.9 Å². The molecule has 4 aliphatic rings. The van der Waals surface area contributed by atoms with E-state index >= 15 is 4.79 Å². The molecule has 21 heteroatoms. The second-order valence-electron chi connectivity index (χ2n) is 17.9. The van der Waals surface area contributed by atoms with Crippen LogP contribution in [0.3, 0.4) is 0 Å². The van der Waals surface area contributed by atoms with Gasteiger partial charge in [-0.05, 0) is 42.9 Å². The third-order valence-electron chi connectivity index (χ3n) is 13.9. The zero-order valence-corrected chi connectivity index (χ0v) is 40.6. The van der Waals surface area contributed by atoms with Gasteiger partial charge in [0.2, 0.25) is 7.59 Å². The van der Waals surface area contributed by atoms with Crippen LogP contribution in [0.5, 0.6) is 0 Å². The number of carbonyl (C=O) groups is 3. The topological polar surface area (TPSA) is 209 Å². The summed E-state index contributed by atoms with van der Waals surface area (Å²) in [6.07, 6.45) is -9.86. The van der Waals surface area contributed by atoms with Crippen LogP contribution in [0.4, 0.5) is 9.59 Å². The molecule has 0 radical (unpaired) electrons. The summed E-state index contributed by atoms with van der Waals surface area (Å²) < 4.78 is 30.3. The Balaban J connectivity index is 1.45. The number of aliphatic hydroxyl groups excluding tert-OH is 1. The molecule has 2 bridgehead atoms. The van der Waals surface area contributed by atoms with Gasteiger partial charge in [0, 0.05) is 23.7 Å². The van der Waals surface area contributed by atoms with E-state index < -0.39 is 122 Å². The first kappa shape index (κ1) is 52.2. The van der Waals surface area contributed by atoms with Gasteiger partial charge in [0.15, 0.2) is 5.78 Å². The number of alkyl halides is 6. The number of halogens is 6. The number of ketones is 1. The molecular weight excluding hydrogens is 979 g/mol. The molecule has 1 heterocycles. The number of hydrogen-bond donors (Lipinski definition) is 5. The monoisotopic (exact) mass is 1030 g/mol. The van der Waals surface area contributed by atoms with Crippen LogP contribution in [0.1, 0.15) is 64.6 Å². The minimum absolute atomic E-state index is 0.0732. The molecule has 2 saturated carbocycles. The molecule has 6 rings (SSSR count). The normalized spacial score (nSPS) is 32.3. The van der Waals surface area contributed by atoms with Crippen LogP contribution < -0.4 is 5.32 Å². The van der Waals surface area contributed by atoms with E-state index in [9.17, 15) is 30.2 Å². The molecule has 5 N–H and O–H groups in total. The number of alkyl carbamates (subject to hydrolysis) is 1. The molecule has 0 aromatic heterocycles. The summed E-state index contributed by atoms with van der Waals surface area (Å²) in [4.78, 5) is 47.4. The fraction of sp³-hybridized carbons (Fsp3) is 0.614. The fourth-order valence-electron chi connectivity index (χ4n) is 10.8. The number of aliphatic hydroxyl groups is 3. The number of benzene rings is 2. The highest BCUT2D eigenvalue weighted by atomic mass is 35.6. The number of fused-ring (bicyclic) bond motifs is 5. The molecule has 0 spiro atoms. The Hall–Kier alpha value is -2.19. The van der Waals surface area contributed by atoms with E-state index in [-0.39, 0.29) is 31.6 Å². The Morgan fingerprint density at radius 2 is 1.55 bits per heavy atom. The molecular formula is C44H53Cl6NO14. The number of hydrogen-bond acceptors (Lipinski definition) is 14. The van der Waals surface area contributed by atoms with Crippen molar-refractivity contribution < 1.29 is 68.3 Å². The van der Waals surface area contributed by atoms with E-state index in [1.54, 1.807) is 82.3 Å². The number of amides is 1. The van der Waals surface area contributed by atoms with Crippen LogP contribution in [0.2, 0.25) is 0 Å². The number of Topliss-reactive ketones (excluding diaryl/α,β-unsaturated/α-hetero) is 1. The second kappa shape index (κ2) is 20.0. The minimum atomic E-state index is -1.99. The lowest BCUT2D eigenvalue weighted by Gasteiger charge is -2.67. The zero-order chi connectivity index (χ0) is 47.9. The van der Waals surface area contributed by atoms with Crippen molar-refractivity contribution in [3.8, 4) is 0 Å². The van der Waals surface area contributed by atoms with Gasteiger partial charge in [-0.1, -0.05) is 157 Å². The van der Waals surface area contributed by atoms with Crippen LogP contribution in [0.15, 0.2) is 71.8 Å². The van der Waals surface area contributed by atoms with E-state index in [1.807, 2.05) is 6.07 Å². The fourth-order valence-corrected chi connectivity index (χ4v) is 11.2. The molecule has 2 aromatic carbocycles. The van der Waals surface area contributed by atoms with Gasteiger partial charge in [-0.3, -0.25) is 10.1 Å². The maximum Gasteiger partial charge on any atom is 0.508 e. The van der Waals surface area contributed by atoms with E-state index in [4.69, 9.17) is 103 Å². The highest BCUT2D eigenvalue weighted by Gasteiger charge is 2.75. The van der Waals surface area contributed by atoms with Gasteiger partial charge in [0.25, 0.3) is 0 Å². The van der Waals surface area contributed by atoms with Gasteiger partial charge in [-0.25, -0.2) is 14.5 Å². The molecule has 3 fully saturated rings. The molecule has 2 aromatic rings. The van der Waals surface area contributed by atoms with E-state index in [0.717, 1.165) is 0 Å². The minimum Gasteiger partial charge on any atom is -0.445 e. The first-order valence-electron chi connectivity index (χ1n) is 20.8. The van der Waals surface area contributed by atoms with Crippen molar-refractivity contribution in [2.45, 2.75) is 109 Å². The summed E-state index contributed by atoms with van der Waals surface area (Å²) in [5.74, 6) is -4.25. The van der Waals surface area contributed by atoms with Gasteiger partial charge < -0.3 is 49.1 Å². The van der Waals surface area contributed by atoms with Gasteiger partial charge in [0.1, 0.15) is 50.0 Å². The number of carbonyl (C=O) groups excluding carboxylic acids is 3. The number of rotatable bonds is 14. The smallest absolute Gasteiger partial charge is 0.445 e. The first-order chi connectivity index (χ1) is 30.3. The highest BCUT2D eigenvalue weighted by molar-refractivity contribution is 6.68. The van der Waals surface area contributed by atoms with Gasteiger partial charge >= 0.3 is 12.2 Å². The summed E-state index contributed by atoms with van der Waals surface area (Å²) >= 11 is 35.3. The summed E-state index contributed by atoms with van der Waals surface area (Å²) in [6.45, 7) is 6.08. The van der Waals surface area contributed by atoms with E-state index in [0.29, 0.717) is 16.7 Å². The third kappa shape index (κ3) is 10.5. The largest absolute Gasteiger partial charge is 0.508 e. The summed E-state index contributed by atoms with van der Waals surface area (Å²) in [5, 5.41) is 52.4. The van der Waals surface area contributed by atoms with Crippen molar-refractivity contribution in [3.63, 3.8) is 0 Å². The Labute approximate surface area is 406 Å². The Bertz CT molecular complexity index is 2060. The predicted molar refractivity (Wildman–Crippen MR) is 240 cm³/mol. The first-order valence-corrected chi connectivity index (χ1v) is 23.1. The van der Waals surface area contributed by atoms with Crippen LogP contribution >= 0.6 is 69.6 Å². The lowest BCUT2D eigenvalue weighted by molar-refractivity contribution is -0.340. The highest BCUT2D eigenvalue weighted by Crippen LogP contribution is 2.65. The lowest BCUT2D eigenvalue weighted by atomic mass is 9.42. The van der Waals surface area contributed by atoms with Crippen LogP contribution in [0.25, 0.3) is 0 Å². The van der Waals surface area contributed by atoms with Crippen molar-refractivity contribution >= 4 is 87.6 Å². The Morgan fingerprint density at radius 1 is 0.938 bits per heavy atom. The molecule has 1 aliphatic heterocycles. The summed E-state index contributed by atoms with van der Waals surface area (Å²) in [5.41, 5.74) is -5.46. The molecule has 15 nitrogen and oxygen atoms in total. The number of nitrogens with one attached hydrogen (secondary N) is 1. The Kier molecular flexibility index (Phi) is 16.1. The zero-order valence-electron chi connectivity index (χ0n) is 36.1. The molecule has 360 valence electrons.